The molecule has 2 rings (SSSR count). The van der Waals surface area contributed by atoms with Gasteiger partial charge in [-0.2, -0.15) is 0 Å². The Labute approximate surface area is 153 Å². The van der Waals surface area contributed by atoms with Crippen LogP contribution in [-0.4, -0.2) is 44.3 Å². The fourth-order valence-corrected chi connectivity index (χ4v) is 3.69. The topological polar surface area (TPSA) is 71.9 Å². The number of thiophene rings is 1. The van der Waals surface area contributed by atoms with E-state index in [0.717, 1.165) is 43.9 Å². The molecule has 7 heteroatoms. The van der Waals surface area contributed by atoms with Crippen LogP contribution in [0.3, 0.4) is 0 Å². The zero-order valence-electron chi connectivity index (χ0n) is 15.2. The second-order valence-corrected chi connectivity index (χ2v) is 8.04. The number of hydrogen-bond acceptors (Lipinski definition) is 4. The summed E-state index contributed by atoms with van der Waals surface area (Å²) < 4.78 is 5.71. The molecule has 3 N–H and O–H groups in total. The lowest BCUT2D eigenvalue weighted by atomic mass is 10.1. The van der Waals surface area contributed by atoms with Crippen molar-refractivity contribution >= 4 is 23.3 Å². The van der Waals surface area contributed by atoms with Gasteiger partial charge in [-0.3, -0.25) is 10.1 Å². The van der Waals surface area contributed by atoms with Crippen LogP contribution >= 0.6 is 11.3 Å². The van der Waals surface area contributed by atoms with Gasteiger partial charge in [0.1, 0.15) is 19.2 Å². The van der Waals surface area contributed by atoms with E-state index in [1.807, 2.05) is 11.4 Å². The first-order chi connectivity index (χ1) is 12.0. The van der Waals surface area contributed by atoms with Crippen LogP contribution in [-0.2, 0) is 16.1 Å². The van der Waals surface area contributed by atoms with Gasteiger partial charge in [-0.25, -0.2) is 4.79 Å². The molecule has 0 spiro atoms. The Morgan fingerprint density at radius 2 is 2.28 bits per heavy atom. The lowest BCUT2D eigenvalue weighted by Crippen LogP contribution is -3.13. The third-order valence-electron chi connectivity index (χ3n) is 4.22. The van der Waals surface area contributed by atoms with Gasteiger partial charge in [-0.15, -0.1) is 11.3 Å². The van der Waals surface area contributed by atoms with Crippen LogP contribution in [0.1, 0.15) is 38.0 Å². The van der Waals surface area contributed by atoms with Crippen molar-refractivity contribution in [3.63, 3.8) is 0 Å². The maximum absolute atomic E-state index is 12.2. The summed E-state index contributed by atoms with van der Waals surface area (Å²) >= 11 is 1.69. The smallest absolute Gasteiger partial charge is 0.321 e. The van der Waals surface area contributed by atoms with Crippen molar-refractivity contribution in [1.82, 2.24) is 10.6 Å². The monoisotopic (exact) mass is 368 g/mol. The maximum atomic E-state index is 12.2. The standard InChI is InChI=1S/C18H29N3O3S/c1-14(2)7-8-19-18(23)20-17(22)13-21(11-15-5-3-9-24-15)12-16-6-4-10-25-16/h4,6,10,14-15H,3,5,7-9,11-13H2,1-2H3,(H2,19,20,22,23)/p+1/t15-/m1/s1. The Balaban J connectivity index is 1.79. The van der Waals surface area contributed by atoms with Gasteiger partial charge in [0.2, 0.25) is 0 Å². The average molecular weight is 369 g/mol. The molecule has 1 aliphatic rings. The predicted molar refractivity (Wildman–Crippen MR) is 98.7 cm³/mol. The minimum atomic E-state index is -0.404. The number of rotatable bonds is 9. The molecule has 25 heavy (non-hydrogen) atoms. The van der Waals surface area contributed by atoms with Gasteiger partial charge in [-0.05, 0) is 36.6 Å². The minimum absolute atomic E-state index is 0.211. The maximum Gasteiger partial charge on any atom is 0.321 e. The first-order valence-electron chi connectivity index (χ1n) is 9.08. The van der Waals surface area contributed by atoms with Crippen molar-refractivity contribution in [2.75, 3.05) is 26.2 Å². The summed E-state index contributed by atoms with van der Waals surface area (Å²) in [6.45, 7) is 7.43. The van der Waals surface area contributed by atoms with E-state index in [0.29, 0.717) is 12.5 Å². The lowest BCUT2D eigenvalue weighted by molar-refractivity contribution is -0.908. The van der Waals surface area contributed by atoms with Crippen molar-refractivity contribution < 1.29 is 19.2 Å². The fraction of sp³-hybridized carbons (Fsp3) is 0.667. The normalized spacial score (nSPS) is 18.3. The van der Waals surface area contributed by atoms with Gasteiger partial charge in [0.25, 0.3) is 5.91 Å². The molecular weight excluding hydrogens is 338 g/mol. The zero-order chi connectivity index (χ0) is 18.1. The molecule has 1 aromatic rings. The molecule has 2 atom stereocenters. The SMILES string of the molecule is CC(C)CCNC(=O)NC(=O)C[NH+](Cc1cccs1)C[C@H]1CCCO1. The number of urea groups is 1. The molecular formula is C18H30N3O3S+. The number of carbonyl (C=O) groups is 2. The molecule has 0 radical (unpaired) electrons. The number of ether oxygens (including phenoxy) is 1. The third kappa shape index (κ3) is 7.98. The van der Waals surface area contributed by atoms with Gasteiger partial charge in [0.05, 0.1) is 4.88 Å². The van der Waals surface area contributed by atoms with Crippen LogP contribution in [0.15, 0.2) is 17.5 Å². The van der Waals surface area contributed by atoms with E-state index in [1.165, 1.54) is 4.88 Å². The molecule has 2 heterocycles. The van der Waals surface area contributed by atoms with E-state index < -0.39 is 6.03 Å². The van der Waals surface area contributed by atoms with E-state index >= 15 is 0 Å². The third-order valence-corrected chi connectivity index (χ3v) is 5.09. The predicted octanol–water partition coefficient (Wildman–Crippen LogP) is 1.18. The van der Waals surface area contributed by atoms with Crippen LogP contribution in [0.5, 0.6) is 0 Å². The highest BCUT2D eigenvalue weighted by Gasteiger charge is 2.24. The van der Waals surface area contributed by atoms with E-state index in [4.69, 9.17) is 4.74 Å². The Morgan fingerprint density at radius 3 is 2.92 bits per heavy atom. The minimum Gasteiger partial charge on any atom is -0.372 e. The molecule has 140 valence electrons. The summed E-state index contributed by atoms with van der Waals surface area (Å²) in [5, 5.41) is 7.22. The van der Waals surface area contributed by atoms with Gasteiger partial charge in [0.15, 0.2) is 6.54 Å². The summed E-state index contributed by atoms with van der Waals surface area (Å²) in [7, 11) is 0. The molecule has 0 aromatic carbocycles. The summed E-state index contributed by atoms with van der Waals surface area (Å²) in [6, 6.07) is 3.70. The summed E-state index contributed by atoms with van der Waals surface area (Å²) in [4.78, 5) is 26.4. The van der Waals surface area contributed by atoms with E-state index in [2.05, 4.69) is 30.5 Å². The van der Waals surface area contributed by atoms with Crippen molar-refractivity contribution in [2.24, 2.45) is 5.92 Å². The molecule has 6 nitrogen and oxygen atoms in total. The van der Waals surface area contributed by atoms with Gasteiger partial charge in [-0.1, -0.05) is 19.9 Å². The van der Waals surface area contributed by atoms with Crippen molar-refractivity contribution in [3.05, 3.63) is 22.4 Å². The quantitative estimate of drug-likeness (QED) is 0.613. The van der Waals surface area contributed by atoms with Crippen molar-refractivity contribution in [3.8, 4) is 0 Å². The van der Waals surface area contributed by atoms with Crippen LogP contribution in [0.25, 0.3) is 0 Å². The largest absolute Gasteiger partial charge is 0.372 e. The van der Waals surface area contributed by atoms with Crippen molar-refractivity contribution in [1.29, 1.82) is 0 Å². The molecule has 0 saturated carbocycles. The summed E-state index contributed by atoms with van der Waals surface area (Å²) in [5.74, 6) is 0.278. The second kappa shape index (κ2) is 10.5. The molecule has 0 bridgehead atoms. The van der Waals surface area contributed by atoms with E-state index in [1.54, 1.807) is 11.3 Å². The Bertz CT molecular complexity index is 528. The van der Waals surface area contributed by atoms with Crippen LogP contribution < -0.4 is 15.5 Å². The van der Waals surface area contributed by atoms with Crippen molar-refractivity contribution in [2.45, 2.75) is 45.8 Å². The summed E-state index contributed by atoms with van der Waals surface area (Å²) in [6.07, 6.45) is 3.24. The van der Waals surface area contributed by atoms with E-state index in [9.17, 15) is 9.59 Å². The second-order valence-electron chi connectivity index (χ2n) is 7.01. The molecule has 1 aromatic heterocycles. The number of quaternary nitrogens is 1. The van der Waals surface area contributed by atoms with E-state index in [-0.39, 0.29) is 18.6 Å². The van der Waals surface area contributed by atoms with Gasteiger partial charge >= 0.3 is 6.03 Å². The molecule has 1 unspecified atom stereocenters. The first kappa shape index (κ1) is 19.9. The first-order valence-corrected chi connectivity index (χ1v) is 9.96. The number of amides is 3. The molecule has 0 aliphatic carbocycles. The number of hydrogen-bond donors (Lipinski definition) is 3. The Kier molecular flexibility index (Phi) is 8.37. The average Bonchev–Trinajstić information content (AvgIpc) is 3.20. The highest BCUT2D eigenvalue weighted by molar-refractivity contribution is 7.09. The zero-order valence-corrected chi connectivity index (χ0v) is 16.0. The fourth-order valence-electron chi connectivity index (χ4n) is 2.91. The van der Waals surface area contributed by atoms with Gasteiger partial charge in [0, 0.05) is 13.2 Å². The number of carbonyl (C=O) groups excluding carboxylic acids is 2. The number of nitrogens with one attached hydrogen (secondary N) is 3. The highest BCUT2D eigenvalue weighted by Crippen LogP contribution is 2.10. The van der Waals surface area contributed by atoms with Gasteiger partial charge < -0.3 is 15.0 Å². The van der Waals surface area contributed by atoms with Crippen LogP contribution in [0, 0.1) is 5.92 Å². The molecule has 1 saturated heterocycles. The molecule has 1 aliphatic heterocycles. The van der Waals surface area contributed by atoms with Crippen LogP contribution in [0.2, 0.25) is 0 Å². The Morgan fingerprint density at radius 1 is 1.44 bits per heavy atom. The molecule has 3 amide bonds. The van der Waals surface area contributed by atoms with Crippen LogP contribution in [0.4, 0.5) is 4.79 Å². The number of imide groups is 1. The lowest BCUT2D eigenvalue weighted by Gasteiger charge is -2.21. The highest BCUT2D eigenvalue weighted by atomic mass is 32.1. The summed E-state index contributed by atoms with van der Waals surface area (Å²) in [5.41, 5.74) is 0. The molecule has 1 fully saturated rings. The Hall–Kier alpha value is -1.44.